The monoisotopic (exact) mass is 229 g/mol. The highest BCUT2D eigenvalue weighted by Crippen LogP contribution is 2.18. The number of amides is 1. The molecule has 1 amide bonds. The summed E-state index contributed by atoms with van der Waals surface area (Å²) < 4.78 is 5.28. The van der Waals surface area contributed by atoms with E-state index in [-0.39, 0.29) is 18.4 Å². The zero-order valence-electron chi connectivity index (χ0n) is 9.65. The number of hydrogen-bond acceptors (Lipinski definition) is 3. The fraction of sp³-hybridized carbons (Fsp3) is 0.818. The van der Waals surface area contributed by atoms with E-state index in [4.69, 9.17) is 9.84 Å². The van der Waals surface area contributed by atoms with Crippen molar-refractivity contribution in [3.8, 4) is 0 Å². The summed E-state index contributed by atoms with van der Waals surface area (Å²) in [4.78, 5) is 24.0. The predicted molar refractivity (Wildman–Crippen MR) is 58.0 cm³/mol. The van der Waals surface area contributed by atoms with Gasteiger partial charge in [0.1, 0.15) is 6.54 Å². The molecular formula is C11H19NO4. The van der Waals surface area contributed by atoms with Crippen LogP contribution in [-0.4, -0.2) is 48.2 Å². The fourth-order valence-corrected chi connectivity index (χ4v) is 1.92. The minimum Gasteiger partial charge on any atom is -0.480 e. The van der Waals surface area contributed by atoms with Gasteiger partial charge >= 0.3 is 5.97 Å². The Morgan fingerprint density at radius 1 is 1.38 bits per heavy atom. The second-order valence-electron chi connectivity index (χ2n) is 3.99. The molecule has 1 atom stereocenters. The van der Waals surface area contributed by atoms with Crippen LogP contribution in [0.5, 0.6) is 0 Å². The minimum atomic E-state index is -0.958. The van der Waals surface area contributed by atoms with Crippen LogP contribution in [0.25, 0.3) is 0 Å². The summed E-state index contributed by atoms with van der Waals surface area (Å²) in [5.74, 6) is -1.07. The van der Waals surface area contributed by atoms with Crippen molar-refractivity contribution in [2.75, 3.05) is 26.3 Å². The van der Waals surface area contributed by atoms with Crippen LogP contribution in [0.2, 0.25) is 0 Å². The molecule has 0 aromatic heterocycles. The molecule has 1 fully saturated rings. The Hall–Kier alpha value is -1.10. The Bertz CT molecular complexity index is 246. The zero-order chi connectivity index (χ0) is 12.0. The molecule has 92 valence electrons. The van der Waals surface area contributed by atoms with E-state index in [0.717, 1.165) is 12.8 Å². The molecule has 0 saturated carbocycles. The van der Waals surface area contributed by atoms with Crippen molar-refractivity contribution < 1.29 is 19.4 Å². The van der Waals surface area contributed by atoms with Gasteiger partial charge in [-0.3, -0.25) is 9.59 Å². The molecule has 5 heteroatoms. The van der Waals surface area contributed by atoms with Crippen LogP contribution in [0, 0.1) is 5.92 Å². The van der Waals surface area contributed by atoms with Gasteiger partial charge in [-0.25, -0.2) is 0 Å². The Morgan fingerprint density at radius 2 is 2.12 bits per heavy atom. The van der Waals surface area contributed by atoms with E-state index in [2.05, 4.69) is 0 Å². The Morgan fingerprint density at radius 3 is 2.75 bits per heavy atom. The molecule has 16 heavy (non-hydrogen) atoms. The normalized spacial score (nSPS) is 21.2. The standard InChI is InChI=1S/C11H19NO4/c1-2-12(8-10(13)14)11(15)9-4-3-6-16-7-5-9/h9H,2-8H2,1H3,(H,13,14). The number of aliphatic carboxylic acids is 1. The number of carbonyl (C=O) groups excluding carboxylic acids is 1. The summed E-state index contributed by atoms with van der Waals surface area (Å²) in [6.07, 6.45) is 2.38. The molecule has 1 heterocycles. The molecule has 1 N–H and O–H groups in total. The molecule has 0 aromatic carbocycles. The van der Waals surface area contributed by atoms with Crippen molar-refractivity contribution in [2.45, 2.75) is 26.2 Å². The Kier molecular flexibility index (Phi) is 5.25. The zero-order valence-corrected chi connectivity index (χ0v) is 9.65. The largest absolute Gasteiger partial charge is 0.480 e. The lowest BCUT2D eigenvalue weighted by Crippen LogP contribution is -2.39. The van der Waals surface area contributed by atoms with E-state index in [1.165, 1.54) is 4.90 Å². The highest BCUT2D eigenvalue weighted by Gasteiger charge is 2.25. The predicted octanol–water partition coefficient (Wildman–Crippen LogP) is 0.736. The Labute approximate surface area is 95.4 Å². The van der Waals surface area contributed by atoms with Gasteiger partial charge in [-0.2, -0.15) is 0 Å². The highest BCUT2D eigenvalue weighted by atomic mass is 16.5. The molecular weight excluding hydrogens is 210 g/mol. The first kappa shape index (κ1) is 13.0. The molecule has 1 aliphatic rings. The fourth-order valence-electron chi connectivity index (χ4n) is 1.92. The van der Waals surface area contributed by atoms with Crippen LogP contribution < -0.4 is 0 Å². The SMILES string of the molecule is CCN(CC(=O)O)C(=O)C1CCCOCC1. The summed E-state index contributed by atoms with van der Waals surface area (Å²) in [6.45, 7) is 3.35. The maximum absolute atomic E-state index is 12.0. The smallest absolute Gasteiger partial charge is 0.323 e. The number of likely N-dealkylation sites (N-methyl/N-ethyl adjacent to an activating group) is 1. The van der Waals surface area contributed by atoms with E-state index >= 15 is 0 Å². The van der Waals surface area contributed by atoms with Crippen molar-refractivity contribution in [3.05, 3.63) is 0 Å². The van der Waals surface area contributed by atoms with E-state index in [9.17, 15) is 9.59 Å². The summed E-state index contributed by atoms with van der Waals surface area (Å²) >= 11 is 0. The van der Waals surface area contributed by atoms with Crippen LogP contribution in [0.3, 0.4) is 0 Å². The van der Waals surface area contributed by atoms with Gasteiger partial charge in [0.25, 0.3) is 0 Å². The summed E-state index contributed by atoms with van der Waals surface area (Å²) in [5, 5.41) is 8.70. The molecule has 0 bridgehead atoms. The molecule has 5 nitrogen and oxygen atoms in total. The van der Waals surface area contributed by atoms with Crippen molar-refractivity contribution >= 4 is 11.9 Å². The van der Waals surface area contributed by atoms with Crippen LogP contribution >= 0.6 is 0 Å². The van der Waals surface area contributed by atoms with Gasteiger partial charge in [0.15, 0.2) is 0 Å². The molecule has 1 rings (SSSR count). The van der Waals surface area contributed by atoms with Crippen LogP contribution in [0.15, 0.2) is 0 Å². The second kappa shape index (κ2) is 6.48. The Balaban J connectivity index is 2.54. The van der Waals surface area contributed by atoms with Crippen LogP contribution in [0.1, 0.15) is 26.2 Å². The third kappa shape index (κ3) is 3.81. The first-order valence-electron chi connectivity index (χ1n) is 5.73. The van der Waals surface area contributed by atoms with Gasteiger partial charge in [0, 0.05) is 25.7 Å². The van der Waals surface area contributed by atoms with E-state index in [0.29, 0.717) is 26.2 Å². The first-order valence-corrected chi connectivity index (χ1v) is 5.73. The average molecular weight is 229 g/mol. The third-order valence-electron chi connectivity index (χ3n) is 2.82. The van der Waals surface area contributed by atoms with E-state index < -0.39 is 5.97 Å². The van der Waals surface area contributed by atoms with E-state index in [1.807, 2.05) is 0 Å². The topological polar surface area (TPSA) is 66.8 Å². The van der Waals surface area contributed by atoms with Gasteiger partial charge in [-0.15, -0.1) is 0 Å². The maximum Gasteiger partial charge on any atom is 0.323 e. The van der Waals surface area contributed by atoms with Crippen LogP contribution in [-0.2, 0) is 14.3 Å². The molecule has 0 aliphatic carbocycles. The van der Waals surface area contributed by atoms with Gasteiger partial charge in [0.05, 0.1) is 0 Å². The number of rotatable bonds is 4. The van der Waals surface area contributed by atoms with Crippen molar-refractivity contribution in [3.63, 3.8) is 0 Å². The van der Waals surface area contributed by atoms with Crippen molar-refractivity contribution in [2.24, 2.45) is 5.92 Å². The third-order valence-corrected chi connectivity index (χ3v) is 2.82. The second-order valence-corrected chi connectivity index (χ2v) is 3.99. The minimum absolute atomic E-state index is 0.0459. The van der Waals surface area contributed by atoms with Gasteiger partial charge in [-0.1, -0.05) is 0 Å². The lowest BCUT2D eigenvalue weighted by molar-refractivity contribution is -0.146. The number of carbonyl (C=O) groups is 2. The first-order chi connectivity index (χ1) is 7.65. The lowest BCUT2D eigenvalue weighted by atomic mass is 9.99. The number of nitrogens with zero attached hydrogens (tertiary/aromatic N) is 1. The highest BCUT2D eigenvalue weighted by molar-refractivity contribution is 5.83. The molecule has 0 spiro atoms. The van der Waals surface area contributed by atoms with Gasteiger partial charge in [-0.05, 0) is 26.2 Å². The van der Waals surface area contributed by atoms with Gasteiger partial charge in [0.2, 0.25) is 5.91 Å². The summed E-state index contributed by atoms with van der Waals surface area (Å²) in [5.41, 5.74) is 0. The average Bonchev–Trinajstić information content (AvgIpc) is 2.53. The summed E-state index contributed by atoms with van der Waals surface area (Å²) in [6, 6.07) is 0. The maximum atomic E-state index is 12.0. The van der Waals surface area contributed by atoms with Crippen molar-refractivity contribution in [1.29, 1.82) is 0 Å². The molecule has 0 radical (unpaired) electrons. The number of ether oxygens (including phenoxy) is 1. The van der Waals surface area contributed by atoms with Gasteiger partial charge < -0.3 is 14.7 Å². The quantitative estimate of drug-likeness (QED) is 0.772. The molecule has 1 aliphatic heterocycles. The molecule has 1 saturated heterocycles. The van der Waals surface area contributed by atoms with Crippen LogP contribution in [0.4, 0.5) is 0 Å². The van der Waals surface area contributed by atoms with E-state index in [1.54, 1.807) is 6.92 Å². The molecule has 0 aromatic rings. The number of carboxylic acids is 1. The number of hydrogen-bond donors (Lipinski definition) is 1. The lowest BCUT2D eigenvalue weighted by Gasteiger charge is -2.23. The summed E-state index contributed by atoms with van der Waals surface area (Å²) in [7, 11) is 0. The van der Waals surface area contributed by atoms with Crippen molar-refractivity contribution in [1.82, 2.24) is 4.90 Å². The number of carboxylic acid groups (broad SMARTS) is 1. The molecule has 1 unspecified atom stereocenters.